The molecule has 0 spiro atoms. The Morgan fingerprint density at radius 3 is 2.80 bits per heavy atom. The molecular formula is C14H18N2O4. The molecule has 0 aromatic heterocycles. The largest absolute Gasteiger partial charge is 0.481 e. The maximum absolute atomic E-state index is 11.4. The van der Waals surface area contributed by atoms with E-state index in [1.807, 2.05) is 0 Å². The van der Waals surface area contributed by atoms with Gasteiger partial charge in [-0.1, -0.05) is 6.42 Å². The van der Waals surface area contributed by atoms with E-state index in [1.165, 1.54) is 12.1 Å². The highest BCUT2D eigenvalue weighted by molar-refractivity contribution is 5.76. The molecule has 2 atom stereocenters. The van der Waals surface area contributed by atoms with Gasteiger partial charge in [-0.25, -0.2) is 0 Å². The molecule has 1 aromatic rings. The van der Waals surface area contributed by atoms with Crippen molar-refractivity contribution >= 4 is 17.3 Å². The molecule has 1 aliphatic carbocycles. The molecule has 1 aliphatic rings. The number of benzene rings is 1. The summed E-state index contributed by atoms with van der Waals surface area (Å²) in [7, 11) is 0. The minimum atomic E-state index is -0.824. The van der Waals surface area contributed by atoms with Gasteiger partial charge in [0.15, 0.2) is 0 Å². The molecule has 0 heterocycles. The predicted molar refractivity (Wildman–Crippen MR) is 74.8 cm³/mol. The number of hydrogen-bond donors (Lipinski definition) is 2. The third-order valence-electron chi connectivity index (χ3n) is 4.06. The third kappa shape index (κ3) is 2.59. The number of aliphatic carboxylic acids is 1. The maximum atomic E-state index is 11.4. The molecule has 1 aromatic carbocycles. The molecular weight excluding hydrogens is 260 g/mol. The van der Waals surface area contributed by atoms with E-state index in [9.17, 15) is 20.0 Å². The van der Waals surface area contributed by atoms with Gasteiger partial charge in [0.1, 0.15) is 0 Å². The number of nitro benzene ring substituents is 1. The van der Waals surface area contributed by atoms with Crippen molar-refractivity contribution in [2.24, 2.45) is 5.41 Å². The Balaban J connectivity index is 2.26. The van der Waals surface area contributed by atoms with Crippen molar-refractivity contribution in [1.82, 2.24) is 0 Å². The molecule has 0 amide bonds. The molecule has 0 aliphatic heterocycles. The lowest BCUT2D eigenvalue weighted by atomic mass is 9.85. The highest BCUT2D eigenvalue weighted by Gasteiger charge is 2.45. The normalized spacial score (nSPS) is 25.4. The minimum Gasteiger partial charge on any atom is -0.481 e. The van der Waals surface area contributed by atoms with Crippen molar-refractivity contribution in [3.63, 3.8) is 0 Å². The van der Waals surface area contributed by atoms with Crippen molar-refractivity contribution in [2.75, 3.05) is 5.32 Å². The van der Waals surface area contributed by atoms with Crippen LogP contribution < -0.4 is 5.32 Å². The number of carboxylic acids is 1. The van der Waals surface area contributed by atoms with E-state index in [0.717, 1.165) is 18.4 Å². The molecule has 2 unspecified atom stereocenters. The fourth-order valence-electron chi connectivity index (χ4n) is 2.81. The highest BCUT2D eigenvalue weighted by atomic mass is 16.6. The topological polar surface area (TPSA) is 92.5 Å². The van der Waals surface area contributed by atoms with E-state index in [4.69, 9.17) is 0 Å². The van der Waals surface area contributed by atoms with Gasteiger partial charge in [0.25, 0.3) is 5.69 Å². The zero-order chi connectivity index (χ0) is 14.9. The number of nitrogens with one attached hydrogen (secondary N) is 1. The summed E-state index contributed by atoms with van der Waals surface area (Å²) >= 11 is 0. The van der Waals surface area contributed by atoms with Crippen LogP contribution in [0.1, 0.15) is 31.7 Å². The summed E-state index contributed by atoms with van der Waals surface area (Å²) in [5.74, 6) is -0.824. The molecule has 1 fully saturated rings. The first-order chi connectivity index (χ1) is 9.33. The second-order valence-corrected chi connectivity index (χ2v) is 5.63. The molecule has 0 bridgehead atoms. The molecule has 0 radical (unpaired) electrons. The molecule has 1 saturated carbocycles. The fraction of sp³-hybridized carbons (Fsp3) is 0.500. The van der Waals surface area contributed by atoms with Crippen LogP contribution in [-0.4, -0.2) is 22.0 Å². The predicted octanol–water partition coefficient (Wildman–Crippen LogP) is 2.96. The van der Waals surface area contributed by atoms with Gasteiger partial charge in [-0.15, -0.1) is 0 Å². The van der Waals surface area contributed by atoms with Gasteiger partial charge in [-0.3, -0.25) is 14.9 Å². The smallest absolute Gasteiger partial charge is 0.311 e. The van der Waals surface area contributed by atoms with Gasteiger partial charge < -0.3 is 10.4 Å². The number of hydrogen-bond acceptors (Lipinski definition) is 4. The van der Waals surface area contributed by atoms with Crippen LogP contribution >= 0.6 is 0 Å². The lowest BCUT2D eigenvalue weighted by Crippen LogP contribution is -2.40. The molecule has 108 valence electrons. The summed E-state index contributed by atoms with van der Waals surface area (Å²) in [5.41, 5.74) is 0.578. The van der Waals surface area contributed by atoms with Crippen molar-refractivity contribution in [1.29, 1.82) is 0 Å². The number of carbonyl (C=O) groups is 1. The maximum Gasteiger partial charge on any atom is 0.311 e. The van der Waals surface area contributed by atoms with Crippen LogP contribution in [0.2, 0.25) is 0 Å². The van der Waals surface area contributed by atoms with E-state index in [1.54, 1.807) is 19.9 Å². The lowest BCUT2D eigenvalue weighted by Gasteiger charge is -2.28. The first-order valence-electron chi connectivity index (χ1n) is 6.59. The minimum absolute atomic E-state index is 0.0162. The van der Waals surface area contributed by atoms with Gasteiger partial charge in [0.05, 0.1) is 10.3 Å². The summed E-state index contributed by atoms with van der Waals surface area (Å²) in [6.07, 6.45) is 2.22. The monoisotopic (exact) mass is 278 g/mol. The zero-order valence-corrected chi connectivity index (χ0v) is 11.5. The van der Waals surface area contributed by atoms with E-state index in [2.05, 4.69) is 5.32 Å². The lowest BCUT2D eigenvalue weighted by molar-refractivity contribution is -0.384. The third-order valence-corrected chi connectivity index (χ3v) is 4.06. The number of carboxylic acid groups (broad SMARTS) is 1. The van der Waals surface area contributed by atoms with Crippen LogP contribution in [0.4, 0.5) is 11.4 Å². The van der Waals surface area contributed by atoms with Gasteiger partial charge >= 0.3 is 5.97 Å². The van der Waals surface area contributed by atoms with E-state index in [0.29, 0.717) is 12.1 Å². The summed E-state index contributed by atoms with van der Waals surface area (Å²) in [6, 6.07) is 4.54. The molecule has 2 N–H and O–H groups in total. The Labute approximate surface area is 117 Å². The number of non-ortho nitro benzene ring substituents is 1. The van der Waals surface area contributed by atoms with Crippen LogP contribution in [-0.2, 0) is 4.79 Å². The van der Waals surface area contributed by atoms with Gasteiger partial charge in [-0.2, -0.15) is 0 Å². The first-order valence-corrected chi connectivity index (χ1v) is 6.59. The summed E-state index contributed by atoms with van der Waals surface area (Å²) in [6.45, 7) is 3.51. The average molecular weight is 278 g/mol. The van der Waals surface area contributed by atoms with Gasteiger partial charge in [-0.05, 0) is 38.3 Å². The molecule has 6 nitrogen and oxygen atoms in total. The Hall–Kier alpha value is -2.11. The standard InChI is InChI=1S/C14H18N2O4/c1-9-6-10(8-11(7-9)16(19)20)15-12-4-3-5-14(12,2)13(17)18/h6-8,12,15H,3-5H2,1-2H3,(H,17,18). The summed E-state index contributed by atoms with van der Waals surface area (Å²) in [5, 5.41) is 23.4. The van der Waals surface area contributed by atoms with Crippen LogP contribution in [0.5, 0.6) is 0 Å². The van der Waals surface area contributed by atoms with E-state index < -0.39 is 16.3 Å². The van der Waals surface area contributed by atoms with Crippen molar-refractivity contribution in [3.8, 4) is 0 Å². The Morgan fingerprint density at radius 1 is 1.50 bits per heavy atom. The van der Waals surface area contributed by atoms with Crippen LogP contribution in [0.3, 0.4) is 0 Å². The SMILES string of the molecule is Cc1cc(NC2CCCC2(C)C(=O)O)cc([N+](=O)[O-])c1. The highest BCUT2D eigenvalue weighted by Crippen LogP contribution is 2.40. The second-order valence-electron chi connectivity index (χ2n) is 5.63. The molecule has 20 heavy (non-hydrogen) atoms. The van der Waals surface area contributed by atoms with Crippen LogP contribution in [0, 0.1) is 22.5 Å². The number of rotatable bonds is 4. The van der Waals surface area contributed by atoms with Gasteiger partial charge in [0, 0.05) is 23.9 Å². The number of nitro groups is 1. The number of aryl methyl sites for hydroxylation is 1. The van der Waals surface area contributed by atoms with Crippen LogP contribution in [0.15, 0.2) is 18.2 Å². The van der Waals surface area contributed by atoms with Gasteiger partial charge in [0.2, 0.25) is 0 Å². The Kier molecular flexibility index (Phi) is 3.65. The summed E-state index contributed by atoms with van der Waals surface area (Å²) in [4.78, 5) is 21.8. The van der Waals surface area contributed by atoms with Crippen molar-refractivity contribution < 1.29 is 14.8 Å². The molecule has 2 rings (SSSR count). The molecule has 0 saturated heterocycles. The number of anilines is 1. The summed E-state index contributed by atoms with van der Waals surface area (Å²) < 4.78 is 0. The fourth-order valence-corrected chi connectivity index (χ4v) is 2.81. The second kappa shape index (κ2) is 5.11. The van der Waals surface area contributed by atoms with Crippen molar-refractivity contribution in [2.45, 2.75) is 39.2 Å². The Bertz CT molecular complexity index is 558. The zero-order valence-electron chi connectivity index (χ0n) is 11.5. The van der Waals surface area contributed by atoms with Crippen molar-refractivity contribution in [3.05, 3.63) is 33.9 Å². The number of nitrogens with zero attached hydrogens (tertiary/aromatic N) is 1. The first kappa shape index (κ1) is 14.3. The Morgan fingerprint density at radius 2 is 2.20 bits per heavy atom. The molecule has 6 heteroatoms. The quantitative estimate of drug-likeness (QED) is 0.652. The average Bonchev–Trinajstić information content (AvgIpc) is 2.71. The van der Waals surface area contributed by atoms with Crippen LogP contribution in [0.25, 0.3) is 0 Å². The van der Waals surface area contributed by atoms with E-state index >= 15 is 0 Å². The van der Waals surface area contributed by atoms with E-state index in [-0.39, 0.29) is 11.7 Å².